The molecule has 1 aromatic carbocycles. The van der Waals surface area contributed by atoms with E-state index in [0.717, 1.165) is 5.56 Å². The van der Waals surface area contributed by atoms with E-state index in [1.54, 1.807) is 11.0 Å². The minimum atomic E-state index is -0.801. The fourth-order valence-electron chi connectivity index (χ4n) is 2.12. The molecule has 1 N–H and O–H groups in total. The molecule has 2 rings (SSSR count). The summed E-state index contributed by atoms with van der Waals surface area (Å²) >= 11 is 0. The first-order chi connectivity index (χ1) is 8.61. The maximum absolute atomic E-state index is 12.1. The van der Waals surface area contributed by atoms with Crippen LogP contribution >= 0.6 is 0 Å². The molecule has 1 heterocycles. The molecule has 4 nitrogen and oxygen atoms in total. The van der Waals surface area contributed by atoms with Crippen molar-refractivity contribution in [3.8, 4) is 0 Å². The quantitative estimate of drug-likeness (QED) is 0.810. The molecule has 1 aliphatic heterocycles. The smallest absolute Gasteiger partial charge is 0.303 e. The van der Waals surface area contributed by atoms with Gasteiger partial charge in [0.1, 0.15) is 0 Å². The van der Waals surface area contributed by atoms with Crippen molar-refractivity contribution in [1.29, 1.82) is 0 Å². The first kappa shape index (κ1) is 12.4. The lowest BCUT2D eigenvalue weighted by Crippen LogP contribution is -2.24. The molecule has 0 radical (unpaired) electrons. The van der Waals surface area contributed by atoms with Gasteiger partial charge in [0.2, 0.25) is 0 Å². The zero-order valence-electron chi connectivity index (χ0n) is 10.1. The van der Waals surface area contributed by atoms with Crippen molar-refractivity contribution in [2.45, 2.75) is 19.3 Å². The van der Waals surface area contributed by atoms with Gasteiger partial charge in [-0.25, -0.2) is 0 Å². The molecule has 0 bridgehead atoms. The van der Waals surface area contributed by atoms with Gasteiger partial charge < -0.3 is 10.0 Å². The predicted molar refractivity (Wildman–Crippen MR) is 68.0 cm³/mol. The number of carboxylic acid groups (broad SMARTS) is 1. The monoisotopic (exact) mass is 245 g/mol. The number of rotatable bonds is 5. The highest BCUT2D eigenvalue weighted by Crippen LogP contribution is 2.31. The van der Waals surface area contributed by atoms with Crippen molar-refractivity contribution in [3.05, 3.63) is 42.0 Å². The van der Waals surface area contributed by atoms with E-state index in [-0.39, 0.29) is 12.3 Å². The molecule has 1 aliphatic rings. The molecule has 1 aromatic rings. The van der Waals surface area contributed by atoms with E-state index in [4.69, 9.17) is 5.11 Å². The van der Waals surface area contributed by atoms with Crippen LogP contribution in [-0.4, -0.2) is 28.4 Å². The Morgan fingerprint density at radius 2 is 1.89 bits per heavy atom. The SMILES string of the molecule is C=C1c2ccccc2C(=O)N1CCCCC(=O)O. The molecule has 18 heavy (non-hydrogen) atoms. The third-order valence-electron chi connectivity index (χ3n) is 3.06. The van der Waals surface area contributed by atoms with Crippen LogP contribution in [0, 0.1) is 0 Å². The lowest BCUT2D eigenvalue weighted by molar-refractivity contribution is -0.137. The van der Waals surface area contributed by atoms with Gasteiger partial charge in [0.15, 0.2) is 0 Å². The Kier molecular flexibility index (Phi) is 3.46. The van der Waals surface area contributed by atoms with Crippen molar-refractivity contribution in [1.82, 2.24) is 4.90 Å². The topological polar surface area (TPSA) is 57.6 Å². The van der Waals surface area contributed by atoms with Crippen molar-refractivity contribution in [3.63, 3.8) is 0 Å². The van der Waals surface area contributed by atoms with Crippen molar-refractivity contribution < 1.29 is 14.7 Å². The summed E-state index contributed by atoms with van der Waals surface area (Å²) in [6.07, 6.45) is 1.38. The van der Waals surface area contributed by atoms with Crippen molar-refractivity contribution in [2.75, 3.05) is 6.54 Å². The van der Waals surface area contributed by atoms with Crippen LogP contribution in [0.15, 0.2) is 30.8 Å². The molecular formula is C14H15NO3. The Hall–Kier alpha value is -2.10. The fraction of sp³-hybridized carbons (Fsp3) is 0.286. The van der Waals surface area contributed by atoms with Gasteiger partial charge in [-0.15, -0.1) is 0 Å². The number of carbonyl (C=O) groups excluding carboxylic acids is 1. The molecule has 0 saturated carbocycles. The Balaban J connectivity index is 1.99. The Morgan fingerprint density at radius 1 is 1.22 bits per heavy atom. The maximum Gasteiger partial charge on any atom is 0.303 e. The zero-order chi connectivity index (χ0) is 13.1. The summed E-state index contributed by atoms with van der Waals surface area (Å²) in [5.74, 6) is -0.837. The van der Waals surface area contributed by atoms with Crippen LogP contribution in [0.4, 0.5) is 0 Å². The highest BCUT2D eigenvalue weighted by molar-refractivity contribution is 6.08. The summed E-state index contributed by atoms with van der Waals surface area (Å²) in [7, 11) is 0. The van der Waals surface area contributed by atoms with Gasteiger partial charge in [-0.3, -0.25) is 9.59 Å². The Labute approximate surface area is 106 Å². The van der Waals surface area contributed by atoms with E-state index in [9.17, 15) is 9.59 Å². The minimum Gasteiger partial charge on any atom is -0.481 e. The van der Waals surface area contributed by atoms with Crippen LogP contribution in [-0.2, 0) is 4.79 Å². The Bertz CT molecular complexity index is 473. The third-order valence-corrected chi connectivity index (χ3v) is 3.06. The van der Waals surface area contributed by atoms with Crippen molar-refractivity contribution >= 4 is 17.6 Å². The summed E-state index contributed by atoms with van der Waals surface area (Å²) in [6.45, 7) is 4.46. The lowest BCUT2D eigenvalue weighted by atomic mass is 10.1. The number of aliphatic carboxylic acids is 1. The molecule has 94 valence electrons. The van der Waals surface area contributed by atoms with Crippen molar-refractivity contribution in [2.24, 2.45) is 0 Å². The number of nitrogens with zero attached hydrogens (tertiary/aromatic N) is 1. The van der Waals surface area contributed by atoms with E-state index in [1.165, 1.54) is 0 Å². The average molecular weight is 245 g/mol. The van der Waals surface area contributed by atoms with Gasteiger partial charge in [-0.05, 0) is 18.9 Å². The minimum absolute atomic E-state index is 0.0362. The van der Waals surface area contributed by atoms with Crippen LogP contribution in [0.1, 0.15) is 35.2 Å². The highest BCUT2D eigenvalue weighted by atomic mass is 16.4. The number of hydrogen-bond donors (Lipinski definition) is 1. The Morgan fingerprint density at radius 3 is 2.50 bits per heavy atom. The summed E-state index contributed by atoms with van der Waals surface area (Å²) in [5, 5.41) is 8.55. The third kappa shape index (κ3) is 2.27. The van der Waals surface area contributed by atoms with Crippen LogP contribution in [0.25, 0.3) is 5.70 Å². The van der Waals surface area contributed by atoms with Gasteiger partial charge in [0.25, 0.3) is 5.91 Å². The first-order valence-corrected chi connectivity index (χ1v) is 5.93. The first-order valence-electron chi connectivity index (χ1n) is 5.93. The van der Waals surface area contributed by atoms with Crippen LogP contribution < -0.4 is 0 Å². The molecule has 0 aliphatic carbocycles. The fourth-order valence-corrected chi connectivity index (χ4v) is 2.12. The second-order valence-corrected chi connectivity index (χ2v) is 4.30. The number of hydrogen-bond acceptors (Lipinski definition) is 2. The average Bonchev–Trinajstić information content (AvgIpc) is 2.59. The second kappa shape index (κ2) is 5.04. The van der Waals surface area contributed by atoms with Crippen LogP contribution in [0.2, 0.25) is 0 Å². The molecule has 0 spiro atoms. The standard InChI is InChI=1S/C14H15NO3/c1-10-11-6-2-3-7-12(11)14(18)15(10)9-5-4-8-13(16)17/h2-3,6-7H,1,4-5,8-9H2,(H,16,17). The van der Waals surface area contributed by atoms with Crippen LogP contribution in [0.5, 0.6) is 0 Å². The lowest BCUT2D eigenvalue weighted by Gasteiger charge is -2.16. The number of benzene rings is 1. The molecule has 0 unspecified atom stereocenters. The summed E-state index contributed by atoms with van der Waals surface area (Å²) in [4.78, 5) is 24.1. The largest absolute Gasteiger partial charge is 0.481 e. The summed E-state index contributed by atoms with van der Waals surface area (Å²) in [5.41, 5.74) is 2.27. The predicted octanol–water partition coefficient (Wildman–Crippen LogP) is 2.37. The van der Waals surface area contributed by atoms with Gasteiger partial charge in [0, 0.05) is 29.8 Å². The van der Waals surface area contributed by atoms with Gasteiger partial charge >= 0.3 is 5.97 Å². The number of fused-ring (bicyclic) bond motifs is 1. The zero-order valence-corrected chi connectivity index (χ0v) is 10.1. The highest BCUT2D eigenvalue weighted by Gasteiger charge is 2.29. The van der Waals surface area contributed by atoms with Gasteiger partial charge in [0.05, 0.1) is 0 Å². The van der Waals surface area contributed by atoms with E-state index in [1.807, 2.05) is 18.2 Å². The molecule has 0 saturated heterocycles. The van der Waals surface area contributed by atoms with E-state index < -0.39 is 5.97 Å². The number of carbonyl (C=O) groups is 2. The summed E-state index contributed by atoms with van der Waals surface area (Å²) < 4.78 is 0. The van der Waals surface area contributed by atoms with E-state index in [2.05, 4.69) is 6.58 Å². The van der Waals surface area contributed by atoms with E-state index in [0.29, 0.717) is 30.6 Å². The summed E-state index contributed by atoms with van der Waals surface area (Å²) in [6, 6.07) is 7.38. The van der Waals surface area contributed by atoms with Crippen LogP contribution in [0.3, 0.4) is 0 Å². The van der Waals surface area contributed by atoms with E-state index >= 15 is 0 Å². The molecule has 0 fully saturated rings. The normalized spacial score (nSPS) is 13.9. The molecule has 4 heteroatoms. The maximum atomic E-state index is 12.1. The molecule has 1 amide bonds. The molecule has 0 atom stereocenters. The van der Waals surface area contributed by atoms with Gasteiger partial charge in [-0.1, -0.05) is 24.8 Å². The number of unbranched alkanes of at least 4 members (excludes halogenated alkanes) is 1. The molecule has 0 aromatic heterocycles. The van der Waals surface area contributed by atoms with Gasteiger partial charge in [-0.2, -0.15) is 0 Å². The number of carboxylic acids is 1. The second-order valence-electron chi connectivity index (χ2n) is 4.30. The number of amides is 1. The molecular weight excluding hydrogens is 230 g/mol.